The van der Waals surface area contributed by atoms with Gasteiger partial charge in [0.2, 0.25) is 10.0 Å². The number of nitriles is 1. The zero-order chi connectivity index (χ0) is 14.5. The average molecular weight is 303 g/mol. The number of aromatic nitrogens is 1. The van der Waals surface area contributed by atoms with E-state index in [4.69, 9.17) is 5.26 Å². The highest BCUT2D eigenvalue weighted by Gasteiger charge is 2.18. The van der Waals surface area contributed by atoms with Gasteiger partial charge in [0, 0.05) is 19.0 Å². The summed E-state index contributed by atoms with van der Waals surface area (Å²) in [6.07, 6.45) is 2.57. The van der Waals surface area contributed by atoms with Crippen molar-refractivity contribution in [2.24, 2.45) is 0 Å². The van der Waals surface area contributed by atoms with Gasteiger partial charge in [-0.15, -0.1) is 0 Å². The number of pyridine rings is 1. The zero-order valence-electron chi connectivity index (χ0n) is 10.2. The molecule has 0 bridgehead atoms. The third-order valence-corrected chi connectivity index (χ3v) is 4.67. The second-order valence-corrected chi connectivity index (χ2v) is 7.84. The molecule has 0 aliphatic rings. The summed E-state index contributed by atoms with van der Waals surface area (Å²) in [5.74, 6) is -0.104. The molecule has 0 saturated heterocycles. The number of nitrogens with one attached hydrogen (secondary N) is 1. The Balaban J connectivity index is 2.75. The number of sulfone groups is 1. The number of hydrogen-bond acceptors (Lipinski definition) is 6. The molecule has 1 aromatic rings. The van der Waals surface area contributed by atoms with Gasteiger partial charge in [0.1, 0.15) is 20.8 Å². The first kappa shape index (κ1) is 15.6. The van der Waals surface area contributed by atoms with Crippen molar-refractivity contribution in [1.29, 1.82) is 5.26 Å². The fourth-order valence-corrected chi connectivity index (χ4v) is 3.16. The van der Waals surface area contributed by atoms with Crippen LogP contribution in [0.3, 0.4) is 0 Å². The SMILES string of the molecule is CS(=O)(=O)CCCNS(=O)(=O)c1cccnc1C#N. The monoisotopic (exact) mass is 303 g/mol. The van der Waals surface area contributed by atoms with Crippen LogP contribution in [0, 0.1) is 11.3 Å². The van der Waals surface area contributed by atoms with Crippen molar-refractivity contribution in [2.75, 3.05) is 18.6 Å². The van der Waals surface area contributed by atoms with E-state index in [1.54, 1.807) is 6.07 Å². The highest BCUT2D eigenvalue weighted by atomic mass is 32.2. The van der Waals surface area contributed by atoms with Gasteiger partial charge in [-0.1, -0.05) is 0 Å². The zero-order valence-corrected chi connectivity index (χ0v) is 11.8. The Kier molecular flexibility index (Phi) is 4.99. The molecule has 0 radical (unpaired) electrons. The maximum atomic E-state index is 11.9. The third-order valence-electron chi connectivity index (χ3n) is 2.15. The van der Waals surface area contributed by atoms with E-state index in [-0.39, 0.29) is 29.3 Å². The van der Waals surface area contributed by atoms with Crippen LogP contribution in [0.25, 0.3) is 0 Å². The third kappa shape index (κ3) is 4.94. The highest BCUT2D eigenvalue weighted by molar-refractivity contribution is 7.90. The van der Waals surface area contributed by atoms with Gasteiger partial charge < -0.3 is 0 Å². The maximum Gasteiger partial charge on any atom is 0.243 e. The summed E-state index contributed by atoms with van der Waals surface area (Å²) in [6.45, 7) is -0.0187. The van der Waals surface area contributed by atoms with E-state index in [1.807, 2.05) is 0 Å². The maximum absolute atomic E-state index is 11.9. The molecule has 0 unspecified atom stereocenters. The molecular weight excluding hydrogens is 290 g/mol. The van der Waals surface area contributed by atoms with Crippen molar-refractivity contribution in [3.05, 3.63) is 24.0 Å². The molecule has 1 aromatic heterocycles. The van der Waals surface area contributed by atoms with Crippen molar-refractivity contribution in [1.82, 2.24) is 9.71 Å². The van der Waals surface area contributed by atoms with E-state index in [0.29, 0.717) is 0 Å². The highest BCUT2D eigenvalue weighted by Crippen LogP contribution is 2.11. The Bertz CT molecular complexity index is 690. The first-order valence-corrected chi connectivity index (χ1v) is 8.83. The van der Waals surface area contributed by atoms with Gasteiger partial charge in [0.15, 0.2) is 5.69 Å². The van der Waals surface area contributed by atoms with Crippen LogP contribution in [0.2, 0.25) is 0 Å². The summed E-state index contributed by atoms with van der Waals surface area (Å²) < 4.78 is 47.8. The van der Waals surface area contributed by atoms with Crippen LogP contribution in [-0.4, -0.2) is 40.4 Å². The Hall–Kier alpha value is -1.50. The molecule has 1 rings (SSSR count). The molecule has 0 aromatic carbocycles. The van der Waals surface area contributed by atoms with Gasteiger partial charge >= 0.3 is 0 Å². The van der Waals surface area contributed by atoms with Crippen LogP contribution in [0.15, 0.2) is 23.2 Å². The van der Waals surface area contributed by atoms with Gasteiger partial charge in [-0.3, -0.25) is 0 Å². The molecule has 7 nitrogen and oxygen atoms in total. The van der Waals surface area contributed by atoms with Crippen LogP contribution in [0.5, 0.6) is 0 Å². The minimum Gasteiger partial charge on any atom is -0.244 e. The lowest BCUT2D eigenvalue weighted by Crippen LogP contribution is -2.27. The summed E-state index contributed by atoms with van der Waals surface area (Å²) in [6, 6.07) is 4.37. The number of sulfonamides is 1. The van der Waals surface area contributed by atoms with Crippen LogP contribution in [0.4, 0.5) is 0 Å². The molecule has 0 aliphatic heterocycles. The van der Waals surface area contributed by atoms with E-state index in [0.717, 1.165) is 6.26 Å². The van der Waals surface area contributed by atoms with E-state index in [2.05, 4.69) is 9.71 Å². The normalized spacial score (nSPS) is 12.0. The standard InChI is InChI=1S/C10H13N3O4S2/c1-18(14,15)7-3-6-13-19(16,17)10-4-2-5-12-9(10)8-11/h2,4-5,13H,3,6-7H2,1H3. The molecule has 9 heteroatoms. The summed E-state index contributed by atoms with van der Waals surface area (Å²) in [5, 5.41) is 8.78. The van der Waals surface area contributed by atoms with Crippen LogP contribution in [0.1, 0.15) is 12.1 Å². The number of hydrogen-bond donors (Lipinski definition) is 1. The van der Waals surface area contributed by atoms with Gasteiger partial charge in [-0.2, -0.15) is 5.26 Å². The summed E-state index contributed by atoms with van der Waals surface area (Å²) >= 11 is 0. The van der Waals surface area contributed by atoms with Gasteiger partial charge in [0.25, 0.3) is 0 Å². The van der Waals surface area contributed by atoms with E-state index < -0.39 is 19.9 Å². The summed E-state index contributed by atoms with van der Waals surface area (Å²) in [4.78, 5) is 3.44. The van der Waals surface area contributed by atoms with E-state index >= 15 is 0 Å². The molecule has 19 heavy (non-hydrogen) atoms. The average Bonchev–Trinajstić information content (AvgIpc) is 2.33. The fraction of sp³-hybridized carbons (Fsp3) is 0.400. The predicted octanol–water partition coefficient (Wildman–Crippen LogP) is -0.334. The summed E-state index contributed by atoms with van der Waals surface area (Å²) in [5.41, 5.74) is -0.196. The minimum absolute atomic E-state index is 0.0187. The molecule has 0 amide bonds. The molecule has 0 aliphatic carbocycles. The Morgan fingerprint density at radius 1 is 1.37 bits per heavy atom. The fourth-order valence-electron chi connectivity index (χ4n) is 1.31. The quantitative estimate of drug-likeness (QED) is 0.719. The van der Waals surface area contributed by atoms with Crippen molar-refractivity contribution < 1.29 is 16.8 Å². The summed E-state index contributed by atoms with van der Waals surface area (Å²) in [7, 11) is -6.97. The largest absolute Gasteiger partial charge is 0.244 e. The van der Waals surface area contributed by atoms with Crippen molar-refractivity contribution in [3.8, 4) is 6.07 Å². The lowest BCUT2D eigenvalue weighted by molar-refractivity contribution is 0.576. The molecular formula is C10H13N3O4S2. The molecule has 1 N–H and O–H groups in total. The molecule has 0 fully saturated rings. The van der Waals surface area contributed by atoms with Crippen LogP contribution < -0.4 is 4.72 Å². The topological polar surface area (TPSA) is 117 Å². The lowest BCUT2D eigenvalue weighted by Gasteiger charge is -2.06. The Morgan fingerprint density at radius 3 is 2.63 bits per heavy atom. The minimum atomic E-state index is -3.85. The van der Waals surface area contributed by atoms with Gasteiger partial charge in [-0.25, -0.2) is 26.5 Å². The Morgan fingerprint density at radius 2 is 2.05 bits per heavy atom. The van der Waals surface area contributed by atoms with Gasteiger partial charge in [0.05, 0.1) is 5.75 Å². The molecule has 0 saturated carbocycles. The van der Waals surface area contributed by atoms with E-state index in [9.17, 15) is 16.8 Å². The van der Waals surface area contributed by atoms with Crippen LogP contribution in [-0.2, 0) is 19.9 Å². The molecule has 1 heterocycles. The lowest BCUT2D eigenvalue weighted by atomic mass is 10.4. The Labute approximate surface area is 112 Å². The first-order chi connectivity index (χ1) is 8.76. The molecule has 0 atom stereocenters. The number of nitrogens with zero attached hydrogens (tertiary/aromatic N) is 2. The second-order valence-electron chi connectivity index (χ2n) is 3.84. The molecule has 104 valence electrons. The second kappa shape index (κ2) is 6.10. The van der Waals surface area contributed by atoms with Crippen molar-refractivity contribution in [2.45, 2.75) is 11.3 Å². The van der Waals surface area contributed by atoms with Crippen LogP contribution >= 0.6 is 0 Å². The van der Waals surface area contributed by atoms with Crippen molar-refractivity contribution >= 4 is 19.9 Å². The van der Waals surface area contributed by atoms with Gasteiger partial charge in [-0.05, 0) is 18.6 Å². The van der Waals surface area contributed by atoms with E-state index in [1.165, 1.54) is 18.3 Å². The van der Waals surface area contributed by atoms with Crippen molar-refractivity contribution in [3.63, 3.8) is 0 Å². The number of rotatable bonds is 6. The first-order valence-electron chi connectivity index (χ1n) is 5.29. The molecule has 0 spiro atoms. The predicted molar refractivity (Wildman–Crippen MR) is 68.5 cm³/mol. The smallest absolute Gasteiger partial charge is 0.243 e.